The van der Waals surface area contributed by atoms with Crippen molar-refractivity contribution < 1.29 is 14.6 Å². The van der Waals surface area contributed by atoms with Crippen molar-refractivity contribution in [3.05, 3.63) is 58.6 Å². The number of benzene rings is 2. The molecule has 5 N–H and O–H groups in total. The van der Waals surface area contributed by atoms with Gasteiger partial charge < -0.3 is 20.9 Å². The molecule has 0 saturated heterocycles. The van der Waals surface area contributed by atoms with Gasteiger partial charge in [-0.2, -0.15) is 0 Å². The summed E-state index contributed by atoms with van der Waals surface area (Å²) in [4.78, 5) is 0. The number of halogens is 1. The Labute approximate surface area is 145 Å². The summed E-state index contributed by atoms with van der Waals surface area (Å²) in [6.45, 7) is 2.87. The van der Waals surface area contributed by atoms with E-state index >= 15 is 0 Å². The minimum atomic E-state index is -0.0424. The Morgan fingerprint density at radius 1 is 1.12 bits per heavy atom. The van der Waals surface area contributed by atoms with Gasteiger partial charge in [0.15, 0.2) is 11.5 Å². The quantitative estimate of drug-likeness (QED) is 0.395. The molecule has 0 unspecified atom stereocenters. The first-order valence-electron chi connectivity index (χ1n) is 7.40. The molecular weight excluding hydrogens is 328 g/mol. The van der Waals surface area contributed by atoms with Gasteiger partial charge in [0.2, 0.25) is 6.21 Å². The minimum Gasteiger partial charge on any atom is -0.490 e. The van der Waals surface area contributed by atoms with Gasteiger partial charge >= 0.3 is 0 Å². The van der Waals surface area contributed by atoms with Crippen molar-refractivity contribution >= 4 is 23.8 Å². The van der Waals surface area contributed by atoms with Gasteiger partial charge in [0.05, 0.1) is 6.61 Å². The molecule has 2 rings (SSSR count). The highest BCUT2D eigenvalue weighted by molar-refractivity contribution is 6.30. The average molecular weight is 348 g/mol. The zero-order valence-electron chi connectivity index (χ0n) is 13.3. The minimum absolute atomic E-state index is 0.0424. The summed E-state index contributed by atoms with van der Waals surface area (Å²) in [6, 6.07) is 13.1. The molecular formula is C17H20ClN4O2+. The number of hydrogen-bond acceptors (Lipinski definition) is 3. The van der Waals surface area contributed by atoms with Crippen LogP contribution in [-0.2, 0) is 6.61 Å². The first kappa shape index (κ1) is 17.6. The van der Waals surface area contributed by atoms with Gasteiger partial charge in [-0.1, -0.05) is 23.7 Å². The Kier molecular flexibility index (Phi) is 6.45. The van der Waals surface area contributed by atoms with Gasteiger partial charge in [0, 0.05) is 15.7 Å². The second-order valence-corrected chi connectivity index (χ2v) is 5.30. The largest absolute Gasteiger partial charge is 0.490 e. The first-order valence-corrected chi connectivity index (χ1v) is 7.77. The van der Waals surface area contributed by atoms with E-state index in [0.717, 1.165) is 11.1 Å². The summed E-state index contributed by atoms with van der Waals surface area (Å²) >= 11 is 5.88. The van der Waals surface area contributed by atoms with Crippen molar-refractivity contribution in [3.8, 4) is 11.5 Å². The molecule has 0 aliphatic heterocycles. The molecule has 0 spiro atoms. The van der Waals surface area contributed by atoms with E-state index in [1.54, 1.807) is 6.21 Å². The third-order valence-electron chi connectivity index (χ3n) is 3.00. The second-order valence-electron chi connectivity index (χ2n) is 4.86. The van der Waals surface area contributed by atoms with Crippen LogP contribution in [0.15, 0.2) is 47.6 Å². The average Bonchev–Trinajstić information content (AvgIpc) is 2.55. The van der Waals surface area contributed by atoms with Crippen molar-refractivity contribution in [2.45, 2.75) is 13.5 Å². The number of nitrogens with one attached hydrogen (secondary N) is 1. The van der Waals surface area contributed by atoms with Crippen molar-refractivity contribution in [1.82, 2.24) is 0 Å². The predicted molar refractivity (Wildman–Crippen MR) is 95.3 cm³/mol. The lowest BCUT2D eigenvalue weighted by Gasteiger charge is -2.12. The Morgan fingerprint density at radius 3 is 2.54 bits per heavy atom. The number of ether oxygens (including phenoxy) is 2. The third-order valence-corrected chi connectivity index (χ3v) is 3.25. The van der Waals surface area contributed by atoms with E-state index in [1.807, 2.05) is 49.4 Å². The first-order chi connectivity index (χ1) is 11.6. The van der Waals surface area contributed by atoms with Crippen LogP contribution in [0.2, 0.25) is 5.02 Å². The maximum atomic E-state index is 5.88. The van der Waals surface area contributed by atoms with E-state index in [0.29, 0.717) is 29.7 Å². The van der Waals surface area contributed by atoms with Gasteiger partial charge in [-0.3, -0.25) is 0 Å². The number of hydrogen-bond donors (Lipinski definition) is 3. The van der Waals surface area contributed by atoms with E-state index in [2.05, 4.69) is 10.2 Å². The highest BCUT2D eigenvalue weighted by Gasteiger charge is 2.07. The topological polar surface area (TPSA) is 96.8 Å². The summed E-state index contributed by atoms with van der Waals surface area (Å²) in [5, 5.41) is 7.04. The highest BCUT2D eigenvalue weighted by atomic mass is 35.5. The number of nitrogens with two attached hydrogens (primary N) is 2. The third kappa shape index (κ3) is 5.48. The van der Waals surface area contributed by atoms with Gasteiger partial charge in [0.1, 0.15) is 6.61 Å². The second kappa shape index (κ2) is 8.79. The monoisotopic (exact) mass is 347 g/mol. The Morgan fingerprint density at radius 2 is 1.88 bits per heavy atom. The van der Waals surface area contributed by atoms with Gasteiger partial charge in [-0.05, 0) is 42.8 Å². The Balaban J connectivity index is 2.12. The fourth-order valence-electron chi connectivity index (χ4n) is 1.93. The summed E-state index contributed by atoms with van der Waals surface area (Å²) in [7, 11) is 0. The summed E-state index contributed by atoms with van der Waals surface area (Å²) in [6.07, 6.45) is 1.66. The molecule has 0 atom stereocenters. The number of nitrogens with zero attached hydrogens (tertiary/aromatic N) is 1. The molecule has 0 saturated carbocycles. The molecule has 0 aliphatic rings. The molecule has 6 nitrogen and oxygen atoms in total. The maximum Gasteiger partial charge on any atom is 0.256 e. The Bertz CT molecular complexity index is 726. The lowest BCUT2D eigenvalue weighted by atomic mass is 10.2. The van der Waals surface area contributed by atoms with Crippen LogP contribution in [-0.4, -0.2) is 18.8 Å². The highest BCUT2D eigenvalue weighted by Crippen LogP contribution is 2.28. The summed E-state index contributed by atoms with van der Waals surface area (Å²) in [5.74, 6) is 1.26. The van der Waals surface area contributed by atoms with Gasteiger partial charge in [-0.15, -0.1) is 5.10 Å². The number of hydrazone groups is 1. The molecule has 0 aromatic heterocycles. The normalized spacial score (nSPS) is 10.6. The van der Waals surface area contributed by atoms with Crippen molar-refractivity contribution in [3.63, 3.8) is 0 Å². The molecule has 0 bridgehead atoms. The zero-order chi connectivity index (χ0) is 17.4. The van der Waals surface area contributed by atoms with E-state index in [1.165, 1.54) is 0 Å². The van der Waals surface area contributed by atoms with Gasteiger partial charge in [-0.25, -0.2) is 0 Å². The lowest BCUT2D eigenvalue weighted by molar-refractivity contribution is -0.456. The van der Waals surface area contributed by atoms with Crippen LogP contribution in [0.5, 0.6) is 11.5 Å². The van der Waals surface area contributed by atoms with Crippen molar-refractivity contribution in [1.29, 1.82) is 0 Å². The van der Waals surface area contributed by atoms with E-state index < -0.39 is 0 Å². The van der Waals surface area contributed by atoms with Crippen molar-refractivity contribution in [2.24, 2.45) is 16.6 Å². The standard InChI is InChI=1S/C17H19ClN4O2/c1-2-23-16-9-13(10-21-22-17(19)20)5-8-15(16)24-11-12-3-6-14(18)7-4-12/h3-10H,2,11H2,1H3,(H4,19,20,22)/p+1. The van der Waals surface area contributed by atoms with E-state index in [4.69, 9.17) is 32.5 Å². The fraction of sp³-hybridized carbons (Fsp3) is 0.176. The van der Waals surface area contributed by atoms with E-state index in [9.17, 15) is 0 Å². The Hall–Kier alpha value is -2.73. The molecule has 0 amide bonds. The SMILES string of the molecule is CCOc1cc(C=[NH+]N=C(N)N)ccc1OCc1ccc(Cl)cc1. The summed E-state index contributed by atoms with van der Waals surface area (Å²) in [5.41, 5.74) is 12.4. The molecule has 2 aromatic rings. The fourth-order valence-corrected chi connectivity index (χ4v) is 2.05. The van der Waals surface area contributed by atoms with Crippen LogP contribution in [0.3, 0.4) is 0 Å². The van der Waals surface area contributed by atoms with Crippen LogP contribution >= 0.6 is 11.6 Å². The molecule has 2 aromatic carbocycles. The molecule has 0 heterocycles. The van der Waals surface area contributed by atoms with Crippen LogP contribution in [0.1, 0.15) is 18.1 Å². The maximum absolute atomic E-state index is 5.88. The predicted octanol–water partition coefficient (Wildman–Crippen LogP) is 1.01. The molecule has 0 radical (unpaired) electrons. The van der Waals surface area contributed by atoms with Crippen LogP contribution in [0.4, 0.5) is 0 Å². The van der Waals surface area contributed by atoms with Crippen molar-refractivity contribution in [2.75, 3.05) is 6.61 Å². The molecule has 126 valence electrons. The molecule has 0 fully saturated rings. The van der Waals surface area contributed by atoms with Crippen LogP contribution < -0.4 is 26.0 Å². The number of guanidine groups is 1. The zero-order valence-corrected chi connectivity index (χ0v) is 14.1. The smallest absolute Gasteiger partial charge is 0.256 e. The molecule has 7 heteroatoms. The lowest BCUT2D eigenvalue weighted by Crippen LogP contribution is -2.63. The van der Waals surface area contributed by atoms with E-state index in [-0.39, 0.29) is 5.96 Å². The van der Waals surface area contributed by atoms with Crippen LogP contribution in [0.25, 0.3) is 0 Å². The molecule has 24 heavy (non-hydrogen) atoms. The number of rotatable bonds is 7. The summed E-state index contributed by atoms with van der Waals surface area (Å²) < 4.78 is 11.5. The van der Waals surface area contributed by atoms with Gasteiger partial charge in [0.25, 0.3) is 5.96 Å². The molecule has 0 aliphatic carbocycles. The van der Waals surface area contributed by atoms with Crippen LogP contribution in [0, 0.1) is 0 Å².